The molecule has 0 heterocycles. The summed E-state index contributed by atoms with van der Waals surface area (Å²) < 4.78 is 44.5. The van der Waals surface area contributed by atoms with Gasteiger partial charge in [0.25, 0.3) is 0 Å². The zero-order valence-electron chi connectivity index (χ0n) is 9.16. The van der Waals surface area contributed by atoms with Crippen molar-refractivity contribution in [1.82, 2.24) is 0 Å². The maximum atomic E-state index is 13.4. The topological polar surface area (TPSA) is 29.5 Å². The summed E-state index contributed by atoms with van der Waals surface area (Å²) in [5.41, 5.74) is -0.0822. The van der Waals surface area contributed by atoms with Crippen molar-refractivity contribution >= 4 is 0 Å². The average molecular weight is 254 g/mol. The molecule has 2 aromatic carbocycles. The first-order chi connectivity index (χ1) is 8.61. The van der Waals surface area contributed by atoms with Crippen molar-refractivity contribution in [2.24, 2.45) is 0 Å². The normalized spacial score (nSPS) is 10.4. The Morgan fingerprint density at radius 1 is 0.944 bits per heavy atom. The lowest BCUT2D eigenvalue weighted by Crippen LogP contribution is -1.97. The Balaban J connectivity index is 2.37. The lowest BCUT2D eigenvalue weighted by Gasteiger charge is -2.10. The Kier molecular flexibility index (Phi) is 3.53. The third kappa shape index (κ3) is 2.46. The molecule has 0 aliphatic rings. The van der Waals surface area contributed by atoms with Crippen molar-refractivity contribution in [2.45, 2.75) is 6.61 Å². The fourth-order valence-electron chi connectivity index (χ4n) is 1.46. The number of ether oxygens (including phenoxy) is 1. The summed E-state index contributed by atoms with van der Waals surface area (Å²) in [7, 11) is 0. The lowest BCUT2D eigenvalue weighted by atomic mass is 10.2. The molecular formula is C13H9F3O2. The molecule has 0 radical (unpaired) electrons. The Bertz CT molecular complexity index is 570. The predicted molar refractivity (Wildman–Crippen MR) is 58.8 cm³/mol. The van der Waals surface area contributed by atoms with E-state index in [9.17, 15) is 13.2 Å². The molecule has 0 spiro atoms. The molecule has 5 heteroatoms. The van der Waals surface area contributed by atoms with Crippen LogP contribution in [-0.4, -0.2) is 5.11 Å². The molecule has 0 aliphatic heterocycles. The molecule has 0 aromatic heterocycles. The van der Waals surface area contributed by atoms with Crippen LogP contribution >= 0.6 is 0 Å². The quantitative estimate of drug-likeness (QED) is 0.909. The molecule has 0 amide bonds. The van der Waals surface area contributed by atoms with Crippen molar-refractivity contribution in [3.8, 4) is 11.5 Å². The van der Waals surface area contributed by atoms with Gasteiger partial charge in [-0.3, -0.25) is 0 Å². The highest BCUT2D eigenvalue weighted by molar-refractivity contribution is 5.38. The summed E-state index contributed by atoms with van der Waals surface area (Å²) in [4.78, 5) is 0. The third-order valence-electron chi connectivity index (χ3n) is 2.35. The highest BCUT2D eigenvalue weighted by Gasteiger charge is 2.12. The number of aliphatic hydroxyl groups is 1. The van der Waals surface area contributed by atoms with Crippen molar-refractivity contribution in [3.05, 3.63) is 59.4 Å². The lowest BCUT2D eigenvalue weighted by molar-refractivity contribution is 0.269. The highest BCUT2D eigenvalue weighted by atomic mass is 19.1. The number of aliphatic hydroxyl groups excluding tert-OH is 1. The van der Waals surface area contributed by atoms with E-state index in [4.69, 9.17) is 9.84 Å². The standard InChI is InChI=1S/C13H9F3O2/c14-8-4-5-13(11(16)6-8)18-12-3-1-2-10(15)9(12)7-17/h1-6,17H,7H2. The van der Waals surface area contributed by atoms with E-state index in [1.807, 2.05) is 0 Å². The number of hydrogen-bond donors (Lipinski definition) is 1. The van der Waals surface area contributed by atoms with Gasteiger partial charge in [0.2, 0.25) is 0 Å². The smallest absolute Gasteiger partial charge is 0.168 e. The number of hydrogen-bond acceptors (Lipinski definition) is 2. The molecule has 0 fully saturated rings. The van der Waals surface area contributed by atoms with Gasteiger partial charge >= 0.3 is 0 Å². The summed E-state index contributed by atoms with van der Waals surface area (Å²) >= 11 is 0. The van der Waals surface area contributed by atoms with Gasteiger partial charge in [-0.2, -0.15) is 0 Å². The fourth-order valence-corrected chi connectivity index (χ4v) is 1.46. The largest absolute Gasteiger partial charge is 0.454 e. The average Bonchev–Trinajstić information content (AvgIpc) is 2.33. The van der Waals surface area contributed by atoms with Crippen LogP contribution in [0.2, 0.25) is 0 Å². The monoisotopic (exact) mass is 254 g/mol. The van der Waals surface area contributed by atoms with Gasteiger partial charge in [-0.25, -0.2) is 13.2 Å². The molecule has 0 bridgehead atoms. The Hall–Kier alpha value is -2.01. The second-order valence-electron chi connectivity index (χ2n) is 3.55. The van der Waals surface area contributed by atoms with Crippen LogP contribution in [0.5, 0.6) is 11.5 Å². The summed E-state index contributed by atoms with van der Waals surface area (Å²) in [6.07, 6.45) is 0. The van der Waals surface area contributed by atoms with Crippen molar-refractivity contribution in [1.29, 1.82) is 0 Å². The zero-order chi connectivity index (χ0) is 13.1. The van der Waals surface area contributed by atoms with Gasteiger partial charge in [0.15, 0.2) is 11.6 Å². The van der Waals surface area contributed by atoms with Gasteiger partial charge in [-0.1, -0.05) is 6.07 Å². The SMILES string of the molecule is OCc1c(F)cccc1Oc1ccc(F)cc1F. The van der Waals surface area contributed by atoms with E-state index in [-0.39, 0.29) is 17.1 Å². The van der Waals surface area contributed by atoms with Crippen molar-refractivity contribution in [2.75, 3.05) is 0 Å². The summed E-state index contributed by atoms with van der Waals surface area (Å²) in [5, 5.41) is 9.02. The Morgan fingerprint density at radius 3 is 2.39 bits per heavy atom. The zero-order valence-corrected chi connectivity index (χ0v) is 9.16. The van der Waals surface area contributed by atoms with Crippen LogP contribution in [0.15, 0.2) is 36.4 Å². The molecule has 94 valence electrons. The molecule has 2 aromatic rings. The minimum absolute atomic E-state index is 0.0111. The van der Waals surface area contributed by atoms with E-state index in [0.717, 1.165) is 18.2 Å². The molecule has 1 N–H and O–H groups in total. The maximum absolute atomic E-state index is 13.4. The van der Waals surface area contributed by atoms with E-state index in [0.29, 0.717) is 6.07 Å². The van der Waals surface area contributed by atoms with Gasteiger partial charge in [-0.05, 0) is 24.3 Å². The molecule has 0 saturated heterocycles. The highest BCUT2D eigenvalue weighted by Crippen LogP contribution is 2.29. The maximum Gasteiger partial charge on any atom is 0.168 e. The first-order valence-electron chi connectivity index (χ1n) is 5.13. The molecule has 0 aliphatic carbocycles. The number of halogens is 3. The number of rotatable bonds is 3. The van der Waals surface area contributed by atoms with E-state index in [1.165, 1.54) is 12.1 Å². The Morgan fingerprint density at radius 2 is 1.72 bits per heavy atom. The summed E-state index contributed by atoms with van der Waals surface area (Å²) in [5.74, 6) is -2.54. The third-order valence-corrected chi connectivity index (χ3v) is 2.35. The summed E-state index contributed by atoms with van der Waals surface area (Å²) in [6.45, 7) is -0.579. The second-order valence-corrected chi connectivity index (χ2v) is 3.55. The minimum Gasteiger partial charge on any atom is -0.454 e. The van der Waals surface area contributed by atoms with Crippen LogP contribution < -0.4 is 4.74 Å². The van der Waals surface area contributed by atoms with Crippen LogP contribution in [0.25, 0.3) is 0 Å². The van der Waals surface area contributed by atoms with Gasteiger partial charge in [0.05, 0.1) is 12.2 Å². The van der Waals surface area contributed by atoms with E-state index < -0.39 is 24.1 Å². The van der Waals surface area contributed by atoms with E-state index in [2.05, 4.69) is 0 Å². The predicted octanol–water partition coefficient (Wildman–Crippen LogP) is 3.39. The van der Waals surface area contributed by atoms with Gasteiger partial charge in [0.1, 0.15) is 17.4 Å². The van der Waals surface area contributed by atoms with Gasteiger partial charge in [-0.15, -0.1) is 0 Å². The van der Waals surface area contributed by atoms with Crippen LogP contribution in [0, 0.1) is 17.5 Å². The first-order valence-corrected chi connectivity index (χ1v) is 5.13. The van der Waals surface area contributed by atoms with Gasteiger partial charge in [0, 0.05) is 6.07 Å². The van der Waals surface area contributed by atoms with Crippen molar-refractivity contribution in [3.63, 3.8) is 0 Å². The fraction of sp³-hybridized carbons (Fsp3) is 0.0769. The van der Waals surface area contributed by atoms with Crippen LogP contribution in [0.3, 0.4) is 0 Å². The molecule has 2 nitrogen and oxygen atoms in total. The number of benzene rings is 2. The molecule has 0 saturated carbocycles. The minimum atomic E-state index is -0.900. The molecule has 18 heavy (non-hydrogen) atoms. The second kappa shape index (κ2) is 5.10. The van der Waals surface area contributed by atoms with Crippen molar-refractivity contribution < 1.29 is 23.0 Å². The molecule has 0 atom stereocenters. The summed E-state index contributed by atoms with van der Waals surface area (Å²) in [6, 6.07) is 6.68. The van der Waals surface area contributed by atoms with Gasteiger partial charge < -0.3 is 9.84 Å². The Labute approximate surface area is 101 Å². The molecular weight excluding hydrogens is 245 g/mol. The molecule has 2 rings (SSSR count). The van der Waals surface area contributed by atoms with Crippen LogP contribution in [-0.2, 0) is 6.61 Å². The first kappa shape index (κ1) is 12.4. The van der Waals surface area contributed by atoms with E-state index in [1.54, 1.807) is 0 Å². The van der Waals surface area contributed by atoms with Crippen LogP contribution in [0.1, 0.15) is 5.56 Å². The molecule has 0 unspecified atom stereocenters. The van der Waals surface area contributed by atoms with E-state index >= 15 is 0 Å². The van der Waals surface area contributed by atoms with Crippen LogP contribution in [0.4, 0.5) is 13.2 Å².